The van der Waals surface area contributed by atoms with E-state index in [-0.39, 0.29) is 5.91 Å². The van der Waals surface area contributed by atoms with E-state index >= 15 is 0 Å². The van der Waals surface area contributed by atoms with E-state index < -0.39 is 0 Å². The first-order valence-electron chi connectivity index (χ1n) is 8.24. The Morgan fingerprint density at radius 1 is 1.19 bits per heavy atom. The van der Waals surface area contributed by atoms with Crippen LogP contribution in [0.2, 0.25) is 0 Å². The molecule has 4 aromatic rings. The summed E-state index contributed by atoms with van der Waals surface area (Å²) >= 11 is 1.51. The van der Waals surface area contributed by atoms with Gasteiger partial charge in [-0.25, -0.2) is 9.97 Å². The molecule has 0 aliphatic rings. The molecular weight excluding hydrogens is 362 g/mol. The maximum atomic E-state index is 11.1. The molecule has 136 valence electrons. The molecule has 1 amide bonds. The van der Waals surface area contributed by atoms with Crippen LogP contribution in [0.25, 0.3) is 5.52 Å². The summed E-state index contributed by atoms with van der Waals surface area (Å²) in [6.45, 7) is 3.43. The van der Waals surface area contributed by atoms with E-state index in [0.717, 1.165) is 26.9 Å². The fourth-order valence-electron chi connectivity index (χ4n) is 2.57. The van der Waals surface area contributed by atoms with Crippen molar-refractivity contribution >= 4 is 40.5 Å². The molecule has 1 aromatic carbocycles. The first-order valence-corrected chi connectivity index (χ1v) is 9.06. The topological polar surface area (TPSA) is 100 Å². The number of carbonyl (C=O) groups excluding carboxylic acids is 1. The van der Waals surface area contributed by atoms with E-state index in [1.54, 1.807) is 12.5 Å². The highest BCUT2D eigenvalue weighted by atomic mass is 32.2. The number of fused-ring (bicyclic) bond motifs is 1. The fourth-order valence-corrected chi connectivity index (χ4v) is 3.44. The molecule has 0 spiro atoms. The highest BCUT2D eigenvalue weighted by molar-refractivity contribution is 7.99. The molecule has 8 nitrogen and oxygen atoms in total. The Kier molecular flexibility index (Phi) is 4.51. The third kappa shape index (κ3) is 3.93. The van der Waals surface area contributed by atoms with Gasteiger partial charge in [0.1, 0.15) is 12.1 Å². The highest BCUT2D eigenvalue weighted by Gasteiger charge is 2.10. The van der Waals surface area contributed by atoms with Crippen molar-refractivity contribution in [3.8, 4) is 0 Å². The number of imidazole rings is 1. The molecule has 27 heavy (non-hydrogen) atoms. The highest BCUT2D eigenvalue weighted by Crippen LogP contribution is 2.29. The van der Waals surface area contributed by atoms with Crippen LogP contribution in [0.1, 0.15) is 12.6 Å². The Morgan fingerprint density at radius 2 is 2.00 bits per heavy atom. The number of nitrogens with one attached hydrogen (secondary N) is 3. The SMILES string of the molecule is CC(=O)Nc1ccc(Sc2nc(Nc3cc(C)[nH]n3)cc3cncn23)cc1. The second-order valence-electron chi connectivity index (χ2n) is 5.98. The number of benzene rings is 1. The van der Waals surface area contributed by atoms with E-state index in [1.807, 2.05) is 47.7 Å². The summed E-state index contributed by atoms with van der Waals surface area (Å²) in [7, 11) is 0. The van der Waals surface area contributed by atoms with Crippen molar-refractivity contribution in [3.63, 3.8) is 0 Å². The van der Waals surface area contributed by atoms with Crippen molar-refractivity contribution in [2.75, 3.05) is 10.6 Å². The molecule has 3 aromatic heterocycles. The molecule has 3 N–H and O–H groups in total. The Hall–Kier alpha value is -3.33. The number of anilines is 3. The van der Waals surface area contributed by atoms with Crippen LogP contribution < -0.4 is 10.6 Å². The van der Waals surface area contributed by atoms with Crippen molar-refractivity contribution < 1.29 is 4.79 Å². The van der Waals surface area contributed by atoms with Gasteiger partial charge in [0.2, 0.25) is 5.91 Å². The minimum absolute atomic E-state index is 0.0930. The third-order valence-electron chi connectivity index (χ3n) is 3.72. The molecule has 0 unspecified atom stereocenters. The number of carbonyl (C=O) groups is 1. The number of hydrogen-bond acceptors (Lipinski definition) is 6. The van der Waals surface area contributed by atoms with Gasteiger partial charge in [-0.3, -0.25) is 14.3 Å². The van der Waals surface area contributed by atoms with Gasteiger partial charge < -0.3 is 10.6 Å². The van der Waals surface area contributed by atoms with Crippen LogP contribution in [-0.2, 0) is 4.79 Å². The lowest BCUT2D eigenvalue weighted by atomic mass is 10.3. The number of aromatic nitrogens is 5. The molecule has 0 fully saturated rings. The molecule has 0 bridgehead atoms. The molecule has 0 radical (unpaired) electrons. The zero-order valence-electron chi connectivity index (χ0n) is 14.7. The van der Waals surface area contributed by atoms with Gasteiger partial charge in [-0.2, -0.15) is 5.10 Å². The Morgan fingerprint density at radius 3 is 2.70 bits per heavy atom. The Labute approximate surface area is 159 Å². The zero-order valence-corrected chi connectivity index (χ0v) is 15.5. The second kappa shape index (κ2) is 7.12. The average molecular weight is 379 g/mol. The normalized spacial score (nSPS) is 10.9. The number of amides is 1. The summed E-state index contributed by atoms with van der Waals surface area (Å²) in [6.07, 6.45) is 3.52. The monoisotopic (exact) mass is 379 g/mol. The van der Waals surface area contributed by atoms with Crippen molar-refractivity contribution in [2.24, 2.45) is 0 Å². The Balaban J connectivity index is 1.62. The summed E-state index contributed by atoms with van der Waals surface area (Å²) < 4.78 is 1.92. The molecule has 0 aliphatic heterocycles. The van der Waals surface area contributed by atoms with E-state index in [1.165, 1.54) is 18.7 Å². The molecule has 9 heteroatoms. The maximum absolute atomic E-state index is 11.1. The average Bonchev–Trinajstić information content (AvgIpc) is 3.25. The van der Waals surface area contributed by atoms with Gasteiger partial charge in [0.25, 0.3) is 0 Å². The predicted octanol–water partition coefficient (Wildman–Crippen LogP) is 3.61. The van der Waals surface area contributed by atoms with Gasteiger partial charge in [0.15, 0.2) is 11.0 Å². The van der Waals surface area contributed by atoms with Crippen LogP contribution in [0.5, 0.6) is 0 Å². The summed E-state index contributed by atoms with van der Waals surface area (Å²) in [6, 6.07) is 11.4. The number of hydrogen-bond donors (Lipinski definition) is 3. The van der Waals surface area contributed by atoms with Gasteiger partial charge >= 0.3 is 0 Å². The summed E-state index contributed by atoms with van der Waals surface area (Å²) in [4.78, 5) is 21.1. The zero-order chi connectivity index (χ0) is 18.8. The minimum atomic E-state index is -0.0930. The lowest BCUT2D eigenvalue weighted by molar-refractivity contribution is -0.114. The number of nitrogens with zero attached hydrogens (tertiary/aromatic N) is 4. The predicted molar refractivity (Wildman–Crippen MR) is 104 cm³/mol. The van der Waals surface area contributed by atoms with Crippen molar-refractivity contribution in [1.82, 2.24) is 24.6 Å². The van der Waals surface area contributed by atoms with Crippen molar-refractivity contribution in [1.29, 1.82) is 0 Å². The number of aryl methyl sites for hydroxylation is 1. The first-order chi connectivity index (χ1) is 13.1. The number of H-pyrrole nitrogens is 1. The Bertz CT molecular complexity index is 1100. The van der Waals surface area contributed by atoms with E-state index in [4.69, 9.17) is 4.98 Å². The number of rotatable bonds is 5. The van der Waals surface area contributed by atoms with Crippen molar-refractivity contribution in [2.45, 2.75) is 23.9 Å². The van der Waals surface area contributed by atoms with Crippen LogP contribution in [0.15, 0.2) is 59.0 Å². The summed E-state index contributed by atoms with van der Waals surface area (Å²) in [5.41, 5.74) is 2.66. The molecule has 0 saturated heterocycles. The fraction of sp³-hybridized carbons (Fsp3) is 0.111. The lowest BCUT2D eigenvalue weighted by Crippen LogP contribution is -2.05. The van der Waals surface area contributed by atoms with Gasteiger partial charge in [0.05, 0.1) is 11.7 Å². The third-order valence-corrected chi connectivity index (χ3v) is 4.70. The lowest BCUT2D eigenvalue weighted by Gasteiger charge is -2.09. The largest absolute Gasteiger partial charge is 0.326 e. The molecule has 0 atom stereocenters. The first kappa shape index (κ1) is 17.1. The standard InChI is InChI=1S/C18H17N7OS/c1-11-7-17(24-23-11)21-16-8-14-9-19-10-25(14)18(22-16)27-15-5-3-13(4-6-15)20-12(2)26/h3-10H,1-2H3,(H,20,26)(H2,21,23,24). The van der Waals surface area contributed by atoms with Crippen LogP contribution >= 0.6 is 11.8 Å². The van der Waals surface area contributed by atoms with Crippen LogP contribution in [0.4, 0.5) is 17.3 Å². The smallest absolute Gasteiger partial charge is 0.221 e. The minimum Gasteiger partial charge on any atom is -0.326 e. The molecule has 0 aliphatic carbocycles. The summed E-state index contributed by atoms with van der Waals surface area (Å²) in [5.74, 6) is 1.30. The van der Waals surface area contributed by atoms with Gasteiger partial charge in [-0.05, 0) is 31.2 Å². The molecule has 0 saturated carbocycles. The summed E-state index contributed by atoms with van der Waals surface area (Å²) in [5, 5.41) is 13.8. The van der Waals surface area contributed by atoms with Crippen LogP contribution in [-0.4, -0.2) is 30.5 Å². The van der Waals surface area contributed by atoms with Gasteiger partial charge in [-0.15, -0.1) is 0 Å². The van der Waals surface area contributed by atoms with Gasteiger partial charge in [0, 0.05) is 35.3 Å². The molecular formula is C18H17N7OS. The van der Waals surface area contributed by atoms with E-state index in [9.17, 15) is 4.79 Å². The quantitative estimate of drug-likeness (QED) is 0.458. The van der Waals surface area contributed by atoms with E-state index in [0.29, 0.717) is 11.6 Å². The van der Waals surface area contributed by atoms with E-state index in [2.05, 4.69) is 25.8 Å². The second-order valence-corrected chi connectivity index (χ2v) is 7.02. The van der Waals surface area contributed by atoms with Crippen LogP contribution in [0, 0.1) is 6.92 Å². The van der Waals surface area contributed by atoms with Crippen molar-refractivity contribution in [3.05, 3.63) is 54.6 Å². The molecule has 3 heterocycles. The molecule has 4 rings (SSSR count). The number of aromatic amines is 1. The van der Waals surface area contributed by atoms with Gasteiger partial charge in [-0.1, -0.05) is 11.8 Å². The van der Waals surface area contributed by atoms with Crippen LogP contribution in [0.3, 0.4) is 0 Å². The maximum Gasteiger partial charge on any atom is 0.221 e.